The average molecular weight is 199 g/mol. The molecule has 0 bridgehead atoms. The van der Waals surface area contributed by atoms with Crippen molar-refractivity contribution >= 4 is 0 Å². The molecule has 0 saturated carbocycles. The monoisotopic (exact) mass is 199 g/mol. The van der Waals surface area contributed by atoms with E-state index in [-0.39, 0.29) is 0 Å². The number of nitrogens with zero attached hydrogens (tertiary/aromatic N) is 1. The molecule has 2 heteroatoms. The third-order valence-electron chi connectivity index (χ3n) is 3.02. The summed E-state index contributed by atoms with van der Waals surface area (Å²) in [6.45, 7) is 9.04. The maximum Gasteiger partial charge on any atom is 0.0480 e. The second-order valence-electron chi connectivity index (χ2n) is 4.23. The van der Waals surface area contributed by atoms with E-state index in [1.165, 1.54) is 45.2 Å². The predicted octanol–water partition coefficient (Wildman–Crippen LogP) is 2.68. The molecule has 0 radical (unpaired) electrons. The summed E-state index contributed by atoms with van der Waals surface area (Å²) in [4.78, 5) is 2.67. The van der Waals surface area contributed by atoms with Crippen LogP contribution >= 0.6 is 0 Å². The van der Waals surface area contributed by atoms with Gasteiger partial charge in [-0.05, 0) is 38.8 Å². The highest BCUT2D eigenvalue weighted by atomic mass is 16.5. The second-order valence-corrected chi connectivity index (χ2v) is 4.23. The summed E-state index contributed by atoms with van der Waals surface area (Å²) < 4.78 is 5.41. The van der Waals surface area contributed by atoms with Gasteiger partial charge in [-0.25, -0.2) is 0 Å². The van der Waals surface area contributed by atoms with Crippen molar-refractivity contribution < 1.29 is 4.74 Å². The van der Waals surface area contributed by atoms with Crippen molar-refractivity contribution in [1.82, 2.24) is 4.90 Å². The van der Waals surface area contributed by atoms with Crippen LogP contribution in [0.2, 0.25) is 0 Å². The number of hydrogen-bond donors (Lipinski definition) is 0. The van der Waals surface area contributed by atoms with Gasteiger partial charge in [0, 0.05) is 19.3 Å². The van der Waals surface area contributed by atoms with Crippen molar-refractivity contribution in [2.45, 2.75) is 52.0 Å². The smallest absolute Gasteiger partial charge is 0.0480 e. The first-order valence-corrected chi connectivity index (χ1v) is 6.20. The molecule has 1 rings (SSSR count). The molecular formula is C12H25NO. The highest BCUT2D eigenvalue weighted by Crippen LogP contribution is 2.15. The molecule has 0 aromatic heterocycles. The Morgan fingerprint density at radius 1 is 1.07 bits per heavy atom. The lowest BCUT2D eigenvalue weighted by molar-refractivity contribution is 0.0335. The molecule has 84 valence electrons. The zero-order chi connectivity index (χ0) is 10.2. The molecule has 0 atom stereocenters. The molecule has 1 aliphatic rings. The van der Waals surface area contributed by atoms with Gasteiger partial charge in [0.2, 0.25) is 0 Å². The van der Waals surface area contributed by atoms with Crippen LogP contribution in [0, 0.1) is 0 Å². The van der Waals surface area contributed by atoms with E-state index in [9.17, 15) is 0 Å². The lowest BCUT2D eigenvalue weighted by Gasteiger charge is -2.34. The van der Waals surface area contributed by atoms with Gasteiger partial charge in [0.05, 0.1) is 0 Å². The van der Waals surface area contributed by atoms with E-state index in [1.54, 1.807) is 0 Å². The van der Waals surface area contributed by atoms with Gasteiger partial charge in [-0.2, -0.15) is 0 Å². The lowest BCUT2D eigenvalue weighted by Crippen LogP contribution is -2.40. The topological polar surface area (TPSA) is 12.5 Å². The minimum Gasteiger partial charge on any atom is -0.381 e. The van der Waals surface area contributed by atoms with Crippen LogP contribution in [-0.2, 0) is 4.74 Å². The van der Waals surface area contributed by atoms with Crippen LogP contribution in [0.3, 0.4) is 0 Å². The van der Waals surface area contributed by atoms with Gasteiger partial charge >= 0.3 is 0 Å². The fourth-order valence-corrected chi connectivity index (χ4v) is 2.18. The summed E-state index contributed by atoms with van der Waals surface area (Å²) in [7, 11) is 0. The molecule has 14 heavy (non-hydrogen) atoms. The summed E-state index contributed by atoms with van der Waals surface area (Å²) in [6.07, 6.45) is 6.41. The first-order chi connectivity index (χ1) is 6.88. The molecule has 2 nitrogen and oxygen atoms in total. The van der Waals surface area contributed by atoms with Crippen molar-refractivity contribution in [1.29, 1.82) is 0 Å². The summed E-state index contributed by atoms with van der Waals surface area (Å²) in [6, 6.07) is 0.801. The molecule has 1 heterocycles. The van der Waals surface area contributed by atoms with Crippen molar-refractivity contribution in [3.05, 3.63) is 0 Å². The number of hydrogen-bond acceptors (Lipinski definition) is 2. The molecule has 0 aromatic carbocycles. The molecule has 1 aliphatic heterocycles. The minimum absolute atomic E-state index is 0.801. The van der Waals surface area contributed by atoms with Gasteiger partial charge in [0.15, 0.2) is 0 Å². The van der Waals surface area contributed by atoms with Crippen LogP contribution in [0.4, 0.5) is 0 Å². The molecule has 0 unspecified atom stereocenters. The first kappa shape index (κ1) is 12.0. The number of unbranched alkanes of at least 4 members (excludes halogenated alkanes) is 1. The Bertz CT molecular complexity index is 132. The van der Waals surface area contributed by atoms with Gasteiger partial charge in [0.25, 0.3) is 0 Å². The van der Waals surface area contributed by atoms with E-state index in [0.29, 0.717) is 0 Å². The maximum absolute atomic E-state index is 5.41. The first-order valence-electron chi connectivity index (χ1n) is 6.20. The van der Waals surface area contributed by atoms with E-state index in [4.69, 9.17) is 4.74 Å². The van der Waals surface area contributed by atoms with Gasteiger partial charge in [0.1, 0.15) is 0 Å². The molecule has 0 amide bonds. The zero-order valence-corrected chi connectivity index (χ0v) is 9.80. The normalized spacial score (nSPS) is 19.1. The van der Waals surface area contributed by atoms with Crippen LogP contribution in [0.1, 0.15) is 46.0 Å². The maximum atomic E-state index is 5.41. The van der Waals surface area contributed by atoms with Crippen LogP contribution in [0.5, 0.6) is 0 Å². The molecule has 0 N–H and O–H groups in total. The van der Waals surface area contributed by atoms with Crippen LogP contribution in [0.25, 0.3) is 0 Å². The SMILES string of the molecule is CCCCN(CCC)C1CCOCC1. The van der Waals surface area contributed by atoms with Gasteiger partial charge in [-0.1, -0.05) is 20.3 Å². The van der Waals surface area contributed by atoms with Crippen molar-refractivity contribution in [3.8, 4) is 0 Å². The van der Waals surface area contributed by atoms with E-state index in [0.717, 1.165) is 19.3 Å². The lowest BCUT2D eigenvalue weighted by atomic mass is 10.1. The molecular weight excluding hydrogens is 174 g/mol. The molecule has 1 saturated heterocycles. The van der Waals surface area contributed by atoms with Crippen LogP contribution in [-0.4, -0.2) is 37.2 Å². The fourth-order valence-electron chi connectivity index (χ4n) is 2.18. The van der Waals surface area contributed by atoms with Gasteiger partial charge < -0.3 is 9.64 Å². The third-order valence-corrected chi connectivity index (χ3v) is 3.02. The Morgan fingerprint density at radius 2 is 1.79 bits per heavy atom. The van der Waals surface area contributed by atoms with Crippen molar-refractivity contribution in [3.63, 3.8) is 0 Å². The van der Waals surface area contributed by atoms with E-state index in [1.807, 2.05) is 0 Å². The van der Waals surface area contributed by atoms with Gasteiger partial charge in [-0.15, -0.1) is 0 Å². The molecule has 0 spiro atoms. The Hall–Kier alpha value is -0.0800. The van der Waals surface area contributed by atoms with E-state index >= 15 is 0 Å². The highest BCUT2D eigenvalue weighted by molar-refractivity contribution is 4.74. The highest BCUT2D eigenvalue weighted by Gasteiger charge is 2.19. The largest absolute Gasteiger partial charge is 0.381 e. The number of rotatable bonds is 6. The fraction of sp³-hybridized carbons (Fsp3) is 1.00. The van der Waals surface area contributed by atoms with Crippen molar-refractivity contribution in [2.24, 2.45) is 0 Å². The summed E-state index contributed by atoms with van der Waals surface area (Å²) in [5.74, 6) is 0. The Labute approximate surface area is 88.6 Å². The summed E-state index contributed by atoms with van der Waals surface area (Å²) >= 11 is 0. The molecule has 0 aliphatic carbocycles. The minimum atomic E-state index is 0.801. The average Bonchev–Trinajstić information content (AvgIpc) is 2.25. The summed E-state index contributed by atoms with van der Waals surface area (Å²) in [5.41, 5.74) is 0. The quantitative estimate of drug-likeness (QED) is 0.652. The molecule has 0 aromatic rings. The standard InChI is InChI=1S/C12H25NO/c1-3-5-9-13(8-4-2)12-6-10-14-11-7-12/h12H,3-11H2,1-2H3. The third kappa shape index (κ3) is 3.97. The Balaban J connectivity index is 2.30. The Kier molecular flexibility index (Phi) is 6.20. The zero-order valence-electron chi connectivity index (χ0n) is 9.80. The van der Waals surface area contributed by atoms with E-state index in [2.05, 4.69) is 18.7 Å². The summed E-state index contributed by atoms with van der Waals surface area (Å²) in [5, 5.41) is 0. The van der Waals surface area contributed by atoms with Crippen LogP contribution in [0.15, 0.2) is 0 Å². The Morgan fingerprint density at radius 3 is 2.36 bits per heavy atom. The van der Waals surface area contributed by atoms with Gasteiger partial charge in [-0.3, -0.25) is 0 Å². The number of ether oxygens (including phenoxy) is 1. The molecule has 1 fully saturated rings. The second kappa shape index (κ2) is 7.24. The van der Waals surface area contributed by atoms with E-state index < -0.39 is 0 Å². The predicted molar refractivity (Wildman–Crippen MR) is 60.6 cm³/mol. The van der Waals surface area contributed by atoms with Crippen LogP contribution < -0.4 is 0 Å². The van der Waals surface area contributed by atoms with Crippen molar-refractivity contribution in [2.75, 3.05) is 26.3 Å².